The number of aromatic nitrogens is 1. The van der Waals surface area contributed by atoms with E-state index in [-0.39, 0.29) is 23.3 Å². The van der Waals surface area contributed by atoms with Gasteiger partial charge in [0.1, 0.15) is 0 Å². The van der Waals surface area contributed by atoms with Gasteiger partial charge >= 0.3 is 6.18 Å². The molecule has 2 aliphatic rings. The predicted octanol–water partition coefficient (Wildman–Crippen LogP) is 4.26. The van der Waals surface area contributed by atoms with Crippen molar-refractivity contribution in [1.29, 1.82) is 0 Å². The van der Waals surface area contributed by atoms with Gasteiger partial charge in [-0.3, -0.25) is 4.79 Å². The molecule has 1 N–H and O–H groups in total. The molecule has 0 spiro atoms. The number of hydrogen-bond acceptors (Lipinski definition) is 5. The van der Waals surface area contributed by atoms with Crippen molar-refractivity contribution >= 4 is 21.7 Å². The highest BCUT2D eigenvalue weighted by Gasteiger charge is 2.51. The fourth-order valence-electron chi connectivity index (χ4n) is 4.45. The summed E-state index contributed by atoms with van der Waals surface area (Å²) < 4.78 is 59.6. The number of aliphatic hydroxyl groups is 1. The van der Waals surface area contributed by atoms with E-state index in [0.29, 0.717) is 52.9 Å². The summed E-state index contributed by atoms with van der Waals surface area (Å²) in [6, 6.07) is 7.24. The number of ether oxygens (including phenoxy) is 3. The van der Waals surface area contributed by atoms with Gasteiger partial charge in [0.05, 0.1) is 24.1 Å². The minimum absolute atomic E-state index is 0.252. The van der Waals surface area contributed by atoms with Crippen LogP contribution in [0, 0.1) is 0 Å². The van der Waals surface area contributed by atoms with E-state index in [2.05, 4.69) is 0 Å². The second-order valence-corrected chi connectivity index (χ2v) is 8.81. The number of rotatable bonds is 4. The highest BCUT2D eigenvalue weighted by molar-refractivity contribution is 6.07. The average Bonchev–Trinajstić information content (AvgIpc) is 3.22. The first-order valence-electron chi connectivity index (χ1n) is 11.0. The Labute approximate surface area is 187 Å². The normalized spacial score (nSPS) is 21.9. The second kappa shape index (κ2) is 7.63. The molecule has 0 radical (unpaired) electrons. The maximum absolute atomic E-state index is 13.5. The standard InChI is InChI=1S/C24H24F3NO5/c1-3-4-7-28-17-6-5-13(23(2,30)24(25,26)27)8-15(17)14-9-18-19(10-16(14)22(28)29)33-21-12-31-11-20(21)32-18/h5-6,8-10,20-21,30H,3-4,7,11-12H2,1-2H3. The smallest absolute Gasteiger partial charge is 0.421 e. The van der Waals surface area contributed by atoms with E-state index < -0.39 is 11.8 Å². The largest absolute Gasteiger partial charge is 0.480 e. The number of aryl methyl sites for hydroxylation is 1. The van der Waals surface area contributed by atoms with Crippen LogP contribution in [-0.4, -0.2) is 41.3 Å². The summed E-state index contributed by atoms with van der Waals surface area (Å²) in [6.45, 7) is 3.90. The molecule has 9 heteroatoms. The van der Waals surface area contributed by atoms with Crippen molar-refractivity contribution < 1.29 is 32.5 Å². The van der Waals surface area contributed by atoms with Gasteiger partial charge in [0.15, 0.2) is 29.3 Å². The number of pyridine rings is 1. The van der Waals surface area contributed by atoms with Crippen molar-refractivity contribution in [3.63, 3.8) is 0 Å². The summed E-state index contributed by atoms with van der Waals surface area (Å²) in [5, 5.41) is 11.5. The van der Waals surface area contributed by atoms with Crippen LogP contribution in [0.15, 0.2) is 35.1 Å². The molecule has 6 nitrogen and oxygen atoms in total. The molecule has 176 valence electrons. The lowest BCUT2D eigenvalue weighted by Gasteiger charge is -2.29. The van der Waals surface area contributed by atoms with Gasteiger partial charge in [-0.05, 0) is 43.2 Å². The van der Waals surface area contributed by atoms with Crippen molar-refractivity contribution in [1.82, 2.24) is 4.57 Å². The lowest BCUT2D eigenvalue weighted by Crippen LogP contribution is -2.39. The first kappa shape index (κ1) is 22.0. The van der Waals surface area contributed by atoms with Crippen LogP contribution in [0.2, 0.25) is 0 Å². The third-order valence-corrected chi connectivity index (χ3v) is 6.52. The summed E-state index contributed by atoms with van der Waals surface area (Å²) in [7, 11) is 0. The molecular weight excluding hydrogens is 439 g/mol. The molecule has 0 saturated carbocycles. The van der Waals surface area contributed by atoms with Crippen molar-refractivity contribution in [2.24, 2.45) is 0 Å². The summed E-state index contributed by atoms with van der Waals surface area (Å²) >= 11 is 0. The van der Waals surface area contributed by atoms with Crippen LogP contribution in [0.1, 0.15) is 32.3 Å². The van der Waals surface area contributed by atoms with Gasteiger partial charge in [-0.15, -0.1) is 0 Å². The van der Waals surface area contributed by atoms with E-state index in [1.165, 1.54) is 18.2 Å². The van der Waals surface area contributed by atoms with Crippen LogP contribution in [0.5, 0.6) is 11.5 Å². The SMILES string of the molecule is CCCCn1c(=O)c2cc3c(cc2c2cc(C(C)(O)C(F)(F)F)ccc21)OC1COCC1O3. The zero-order valence-electron chi connectivity index (χ0n) is 18.2. The number of alkyl halides is 3. The Balaban J connectivity index is 1.79. The molecule has 3 heterocycles. The quantitative estimate of drug-likeness (QED) is 0.586. The molecule has 2 aromatic carbocycles. The van der Waals surface area contributed by atoms with Gasteiger partial charge in [0.25, 0.3) is 5.56 Å². The first-order chi connectivity index (χ1) is 15.6. The fourth-order valence-corrected chi connectivity index (χ4v) is 4.45. The molecule has 1 aromatic heterocycles. The first-order valence-corrected chi connectivity index (χ1v) is 11.0. The molecule has 0 aliphatic carbocycles. The summed E-state index contributed by atoms with van der Waals surface area (Å²) in [6.07, 6.45) is -3.84. The van der Waals surface area contributed by atoms with Gasteiger partial charge < -0.3 is 23.9 Å². The molecule has 2 aliphatic heterocycles. The molecule has 1 fully saturated rings. The monoisotopic (exact) mass is 463 g/mol. The minimum atomic E-state index is -4.86. The number of halogens is 3. The van der Waals surface area contributed by atoms with Crippen LogP contribution < -0.4 is 15.0 Å². The third kappa shape index (κ3) is 3.45. The predicted molar refractivity (Wildman–Crippen MR) is 116 cm³/mol. The average molecular weight is 463 g/mol. The Morgan fingerprint density at radius 1 is 1.03 bits per heavy atom. The summed E-state index contributed by atoms with van der Waals surface area (Å²) in [5.74, 6) is 0.820. The molecule has 33 heavy (non-hydrogen) atoms. The second-order valence-electron chi connectivity index (χ2n) is 8.81. The van der Waals surface area contributed by atoms with Crippen LogP contribution in [0.25, 0.3) is 21.7 Å². The van der Waals surface area contributed by atoms with Crippen molar-refractivity contribution in [2.75, 3.05) is 13.2 Å². The Hall–Kier alpha value is -2.78. The van der Waals surface area contributed by atoms with Crippen LogP contribution in [-0.2, 0) is 16.9 Å². The maximum atomic E-state index is 13.5. The number of benzene rings is 2. The number of unbranched alkanes of at least 4 members (excludes halogenated alkanes) is 1. The van der Waals surface area contributed by atoms with E-state index in [1.807, 2.05) is 6.92 Å². The Kier molecular flexibility index (Phi) is 5.10. The number of nitrogens with zero attached hydrogens (tertiary/aromatic N) is 1. The minimum Gasteiger partial charge on any atom is -0.480 e. The third-order valence-electron chi connectivity index (χ3n) is 6.52. The molecule has 3 aromatic rings. The van der Waals surface area contributed by atoms with E-state index in [9.17, 15) is 23.1 Å². The van der Waals surface area contributed by atoms with E-state index in [4.69, 9.17) is 14.2 Å². The summed E-state index contributed by atoms with van der Waals surface area (Å²) in [4.78, 5) is 13.4. The molecular formula is C24H24F3NO5. The topological polar surface area (TPSA) is 69.9 Å². The highest BCUT2D eigenvalue weighted by Crippen LogP contribution is 2.42. The van der Waals surface area contributed by atoms with E-state index in [1.54, 1.807) is 16.7 Å². The van der Waals surface area contributed by atoms with Crippen molar-refractivity contribution in [3.8, 4) is 11.5 Å². The zero-order chi connectivity index (χ0) is 23.5. The lowest BCUT2D eigenvalue weighted by atomic mass is 9.92. The Bertz CT molecular complexity index is 1300. The van der Waals surface area contributed by atoms with Gasteiger partial charge in [-0.2, -0.15) is 13.2 Å². The number of fused-ring (bicyclic) bond motifs is 5. The zero-order valence-corrected chi connectivity index (χ0v) is 18.2. The van der Waals surface area contributed by atoms with Crippen LogP contribution >= 0.6 is 0 Å². The van der Waals surface area contributed by atoms with Gasteiger partial charge in [0, 0.05) is 17.3 Å². The van der Waals surface area contributed by atoms with E-state index >= 15 is 0 Å². The molecule has 5 rings (SSSR count). The fraction of sp³-hybridized carbons (Fsp3) is 0.458. The Morgan fingerprint density at radius 2 is 1.67 bits per heavy atom. The van der Waals surface area contributed by atoms with Crippen molar-refractivity contribution in [2.45, 2.75) is 57.2 Å². The van der Waals surface area contributed by atoms with Gasteiger partial charge in [0.2, 0.25) is 0 Å². The Morgan fingerprint density at radius 3 is 2.27 bits per heavy atom. The molecule has 3 atom stereocenters. The van der Waals surface area contributed by atoms with Gasteiger partial charge in [-0.25, -0.2) is 0 Å². The van der Waals surface area contributed by atoms with Gasteiger partial charge in [-0.1, -0.05) is 19.4 Å². The van der Waals surface area contributed by atoms with Crippen LogP contribution in [0.4, 0.5) is 13.2 Å². The maximum Gasteiger partial charge on any atom is 0.421 e. The highest BCUT2D eigenvalue weighted by atomic mass is 19.4. The van der Waals surface area contributed by atoms with E-state index in [0.717, 1.165) is 19.8 Å². The molecule has 3 unspecified atom stereocenters. The molecule has 1 saturated heterocycles. The molecule has 0 bridgehead atoms. The van der Waals surface area contributed by atoms with Crippen molar-refractivity contribution in [3.05, 3.63) is 46.2 Å². The lowest BCUT2D eigenvalue weighted by molar-refractivity contribution is -0.258. The number of hydrogen-bond donors (Lipinski definition) is 1. The molecule has 0 amide bonds. The van der Waals surface area contributed by atoms with Crippen LogP contribution in [0.3, 0.4) is 0 Å². The summed E-state index contributed by atoms with van der Waals surface area (Å²) in [5.41, 5.74) is -3.09.